The first-order valence-corrected chi connectivity index (χ1v) is 10.6. The fraction of sp³-hybridized carbons (Fsp3) is 0.348. The number of furan rings is 1. The zero-order valence-electron chi connectivity index (χ0n) is 17.9. The highest BCUT2D eigenvalue weighted by molar-refractivity contribution is 5.91. The van der Waals surface area contributed by atoms with Gasteiger partial charge in [0.1, 0.15) is 12.4 Å². The quantitative estimate of drug-likeness (QED) is 0.635. The first kappa shape index (κ1) is 20.2. The van der Waals surface area contributed by atoms with Gasteiger partial charge in [0.15, 0.2) is 0 Å². The number of hydrogen-bond acceptors (Lipinski definition) is 6. The minimum Gasteiger partial charge on any atom is -0.468 e. The van der Waals surface area contributed by atoms with Crippen LogP contribution in [0.25, 0.3) is 22.5 Å². The van der Waals surface area contributed by atoms with Crippen molar-refractivity contribution in [3.05, 3.63) is 41.7 Å². The van der Waals surface area contributed by atoms with Gasteiger partial charge in [0.25, 0.3) is 5.95 Å². The van der Waals surface area contributed by atoms with E-state index >= 15 is 0 Å². The van der Waals surface area contributed by atoms with Gasteiger partial charge < -0.3 is 19.2 Å². The Morgan fingerprint density at radius 3 is 3.00 bits per heavy atom. The summed E-state index contributed by atoms with van der Waals surface area (Å²) < 4.78 is 16.0. The van der Waals surface area contributed by atoms with Crippen molar-refractivity contribution in [1.29, 1.82) is 0 Å². The molecule has 2 amide bonds. The maximum atomic E-state index is 12.4. The lowest BCUT2D eigenvalue weighted by Gasteiger charge is -2.16. The number of nitrogens with one attached hydrogen (secondary N) is 2. The lowest BCUT2D eigenvalue weighted by Crippen LogP contribution is -2.33. The fourth-order valence-electron chi connectivity index (χ4n) is 4.37. The number of rotatable bonds is 5. The SMILES string of the molecule is COc1cc(-c2n[nH]c3c2CCCc2cc(N4CC(CNC(C)=O)OC4=O)ccc2-3)co1. The molecule has 1 fully saturated rings. The maximum Gasteiger partial charge on any atom is 0.414 e. The summed E-state index contributed by atoms with van der Waals surface area (Å²) >= 11 is 0. The van der Waals surface area contributed by atoms with Crippen LogP contribution >= 0.6 is 0 Å². The van der Waals surface area contributed by atoms with Crippen LogP contribution in [-0.2, 0) is 22.4 Å². The molecule has 0 bridgehead atoms. The average molecular weight is 436 g/mol. The number of ether oxygens (including phenoxy) is 2. The zero-order valence-corrected chi connectivity index (χ0v) is 17.9. The van der Waals surface area contributed by atoms with Gasteiger partial charge in [0.2, 0.25) is 5.91 Å². The Morgan fingerprint density at radius 2 is 2.22 bits per heavy atom. The van der Waals surface area contributed by atoms with Crippen LogP contribution in [0.1, 0.15) is 24.5 Å². The number of hydrogen-bond donors (Lipinski definition) is 2. The second-order valence-electron chi connectivity index (χ2n) is 8.03. The third-order valence-corrected chi connectivity index (χ3v) is 5.91. The van der Waals surface area contributed by atoms with Crippen LogP contribution in [0.3, 0.4) is 0 Å². The second kappa shape index (κ2) is 8.07. The number of methoxy groups -OCH3 is 1. The molecule has 1 aliphatic carbocycles. The number of anilines is 1. The molecule has 3 aromatic rings. The number of aryl methyl sites for hydroxylation is 1. The van der Waals surface area contributed by atoms with Crippen molar-refractivity contribution in [2.45, 2.75) is 32.3 Å². The molecule has 0 spiro atoms. The Labute approximate surface area is 184 Å². The Kier molecular flexibility index (Phi) is 5.08. The van der Waals surface area contributed by atoms with Gasteiger partial charge in [-0.05, 0) is 37.0 Å². The highest BCUT2D eigenvalue weighted by atomic mass is 16.6. The van der Waals surface area contributed by atoms with Gasteiger partial charge in [0, 0.05) is 35.4 Å². The third-order valence-electron chi connectivity index (χ3n) is 5.91. The number of cyclic esters (lactones) is 1. The second-order valence-corrected chi connectivity index (χ2v) is 8.03. The number of fused-ring (bicyclic) bond motifs is 3. The molecular weight excluding hydrogens is 412 g/mol. The van der Waals surface area contributed by atoms with Gasteiger partial charge >= 0.3 is 6.09 Å². The van der Waals surface area contributed by atoms with Crippen LogP contribution in [-0.4, -0.2) is 48.5 Å². The molecule has 32 heavy (non-hydrogen) atoms. The third kappa shape index (κ3) is 3.59. The van der Waals surface area contributed by atoms with E-state index in [4.69, 9.17) is 13.9 Å². The van der Waals surface area contributed by atoms with Crippen LogP contribution in [0, 0.1) is 0 Å². The number of nitrogens with zero attached hydrogens (tertiary/aromatic N) is 2. The molecule has 1 atom stereocenters. The number of aromatic amines is 1. The minimum absolute atomic E-state index is 0.145. The van der Waals surface area contributed by atoms with E-state index in [1.54, 1.807) is 18.3 Å². The summed E-state index contributed by atoms with van der Waals surface area (Å²) in [5, 5.41) is 10.5. The highest BCUT2D eigenvalue weighted by Crippen LogP contribution is 2.39. The predicted molar refractivity (Wildman–Crippen MR) is 117 cm³/mol. The summed E-state index contributed by atoms with van der Waals surface area (Å²) in [7, 11) is 1.57. The molecule has 9 nitrogen and oxygen atoms in total. The smallest absolute Gasteiger partial charge is 0.414 e. The summed E-state index contributed by atoms with van der Waals surface area (Å²) in [6.07, 6.45) is 3.62. The van der Waals surface area contributed by atoms with Crippen molar-refractivity contribution in [1.82, 2.24) is 15.5 Å². The molecule has 1 saturated heterocycles. The van der Waals surface area contributed by atoms with E-state index in [0.29, 0.717) is 19.0 Å². The first-order chi connectivity index (χ1) is 15.5. The van der Waals surface area contributed by atoms with Gasteiger partial charge in [0.05, 0.1) is 31.6 Å². The number of carbonyl (C=O) groups is 2. The van der Waals surface area contributed by atoms with Gasteiger partial charge in [-0.15, -0.1) is 0 Å². The van der Waals surface area contributed by atoms with Crippen LogP contribution in [0.4, 0.5) is 10.5 Å². The van der Waals surface area contributed by atoms with Crippen molar-refractivity contribution in [2.24, 2.45) is 0 Å². The van der Waals surface area contributed by atoms with Gasteiger partial charge in [-0.1, -0.05) is 6.07 Å². The fourth-order valence-corrected chi connectivity index (χ4v) is 4.37. The molecule has 1 aromatic carbocycles. The standard InChI is InChI=1S/C23H24N4O5/c1-13(28)24-10-17-11-27(23(29)32-17)16-6-7-18-14(8-16)4-3-5-19-21(25-26-22(18)19)15-9-20(30-2)31-12-15/h6-9,12,17H,3-5,10-11H2,1-2H3,(H,24,28)(H,25,26). The van der Waals surface area contributed by atoms with Gasteiger partial charge in [-0.3, -0.25) is 14.8 Å². The summed E-state index contributed by atoms with van der Waals surface area (Å²) in [6, 6.07) is 7.84. The molecule has 3 heterocycles. The normalized spacial score (nSPS) is 17.4. The topological polar surface area (TPSA) is 110 Å². The Morgan fingerprint density at radius 1 is 1.34 bits per heavy atom. The van der Waals surface area contributed by atoms with Crippen LogP contribution in [0.5, 0.6) is 5.95 Å². The Bertz CT molecular complexity index is 1180. The first-order valence-electron chi connectivity index (χ1n) is 10.6. The maximum absolute atomic E-state index is 12.4. The highest BCUT2D eigenvalue weighted by Gasteiger charge is 2.33. The molecule has 2 N–H and O–H groups in total. The van der Waals surface area contributed by atoms with E-state index in [1.165, 1.54) is 6.92 Å². The van der Waals surface area contributed by atoms with Crippen molar-refractivity contribution in [3.8, 4) is 28.5 Å². The van der Waals surface area contributed by atoms with Crippen molar-refractivity contribution in [3.63, 3.8) is 0 Å². The number of amides is 2. The van der Waals surface area contributed by atoms with Crippen LogP contribution < -0.4 is 15.0 Å². The summed E-state index contributed by atoms with van der Waals surface area (Å²) in [4.78, 5) is 25.2. The number of H-pyrrole nitrogens is 1. The van der Waals surface area contributed by atoms with Gasteiger partial charge in [-0.2, -0.15) is 5.10 Å². The van der Waals surface area contributed by atoms with E-state index in [9.17, 15) is 9.59 Å². The molecule has 2 aromatic heterocycles. The Balaban J connectivity index is 1.42. The van der Waals surface area contributed by atoms with Crippen molar-refractivity contribution >= 4 is 17.7 Å². The molecule has 0 radical (unpaired) electrons. The van der Waals surface area contributed by atoms with E-state index in [2.05, 4.69) is 15.5 Å². The predicted octanol–water partition coefficient (Wildman–Crippen LogP) is 3.30. The van der Waals surface area contributed by atoms with Crippen molar-refractivity contribution in [2.75, 3.05) is 25.1 Å². The number of benzene rings is 1. The van der Waals surface area contributed by atoms with Gasteiger partial charge in [-0.25, -0.2) is 4.79 Å². The molecule has 0 saturated carbocycles. The van der Waals surface area contributed by atoms with E-state index in [-0.39, 0.29) is 12.0 Å². The molecule has 5 rings (SSSR count). The monoisotopic (exact) mass is 436 g/mol. The lowest BCUT2D eigenvalue weighted by atomic mass is 10.00. The molecular formula is C23H24N4O5. The van der Waals surface area contributed by atoms with E-state index in [1.807, 2.05) is 24.3 Å². The summed E-state index contributed by atoms with van der Waals surface area (Å²) in [6.45, 7) is 2.15. The largest absolute Gasteiger partial charge is 0.468 e. The minimum atomic E-state index is -0.396. The number of aromatic nitrogens is 2. The molecule has 1 unspecified atom stereocenters. The summed E-state index contributed by atoms with van der Waals surface area (Å²) in [5.74, 6) is 0.304. The van der Waals surface area contributed by atoms with Crippen LogP contribution in [0.15, 0.2) is 34.9 Å². The number of carbonyl (C=O) groups excluding carboxylic acids is 2. The van der Waals surface area contributed by atoms with Crippen molar-refractivity contribution < 1.29 is 23.5 Å². The molecule has 166 valence electrons. The van der Waals surface area contributed by atoms with Crippen LogP contribution in [0.2, 0.25) is 0 Å². The average Bonchev–Trinajstić information content (AvgIpc) is 3.48. The molecule has 2 aliphatic rings. The Hall–Kier alpha value is -3.75. The molecule has 9 heteroatoms. The van der Waals surface area contributed by atoms with E-state index in [0.717, 1.165) is 58.6 Å². The molecule has 1 aliphatic heterocycles. The zero-order chi connectivity index (χ0) is 22.2. The van der Waals surface area contributed by atoms with E-state index < -0.39 is 6.09 Å². The summed E-state index contributed by atoms with van der Waals surface area (Å²) in [5.41, 5.74) is 6.92. The lowest BCUT2D eigenvalue weighted by molar-refractivity contribution is -0.119.